The quantitative estimate of drug-likeness (QED) is 0.474. The second-order valence-corrected chi connectivity index (χ2v) is 8.82. The number of nitrogens with zero attached hydrogens (tertiary/aromatic N) is 1. The number of hydrogen-bond donors (Lipinski definition) is 0. The third-order valence-electron chi connectivity index (χ3n) is 6.42. The summed E-state index contributed by atoms with van der Waals surface area (Å²) in [5.41, 5.74) is 2.90. The molecule has 0 amide bonds. The fourth-order valence-electron chi connectivity index (χ4n) is 4.49. The predicted molar refractivity (Wildman–Crippen MR) is 122 cm³/mol. The molecule has 0 bridgehead atoms. The summed E-state index contributed by atoms with van der Waals surface area (Å²) in [5, 5.41) is 0. The van der Waals surface area contributed by atoms with Crippen molar-refractivity contribution in [1.29, 1.82) is 0 Å². The summed E-state index contributed by atoms with van der Waals surface area (Å²) in [6.07, 6.45) is 5.00. The lowest BCUT2D eigenvalue weighted by atomic mass is 9.62. The molecule has 0 heterocycles. The molecule has 1 aliphatic rings. The summed E-state index contributed by atoms with van der Waals surface area (Å²) in [7, 11) is 5.63. The van der Waals surface area contributed by atoms with Gasteiger partial charge in [-0.3, -0.25) is 0 Å². The van der Waals surface area contributed by atoms with E-state index in [2.05, 4.69) is 55.3 Å². The Balaban J connectivity index is 1.47. The van der Waals surface area contributed by atoms with Gasteiger partial charge in [0.15, 0.2) is 11.5 Å². The highest BCUT2D eigenvalue weighted by Crippen LogP contribution is 2.48. The fraction of sp³-hybridized carbons (Fsp3) is 0.538. The van der Waals surface area contributed by atoms with Crippen LogP contribution in [0.25, 0.3) is 0 Å². The van der Waals surface area contributed by atoms with Gasteiger partial charge in [-0.1, -0.05) is 49.7 Å². The molecule has 4 nitrogen and oxygen atoms in total. The van der Waals surface area contributed by atoms with Crippen LogP contribution in [0.2, 0.25) is 0 Å². The van der Waals surface area contributed by atoms with Crippen molar-refractivity contribution in [3.8, 4) is 11.5 Å². The maximum atomic E-state index is 5.92. The van der Waals surface area contributed by atoms with E-state index in [9.17, 15) is 0 Å². The molecule has 0 unspecified atom stereocenters. The van der Waals surface area contributed by atoms with Crippen LogP contribution in [0, 0.1) is 5.92 Å². The van der Waals surface area contributed by atoms with Crippen LogP contribution < -0.4 is 9.47 Å². The van der Waals surface area contributed by atoms with E-state index in [-0.39, 0.29) is 5.41 Å². The van der Waals surface area contributed by atoms with Gasteiger partial charge in [-0.05, 0) is 67.4 Å². The van der Waals surface area contributed by atoms with Crippen LogP contribution in [0.4, 0.5) is 0 Å². The second kappa shape index (κ2) is 10.8. The van der Waals surface area contributed by atoms with Crippen LogP contribution in [0.1, 0.15) is 43.7 Å². The molecule has 4 heteroatoms. The van der Waals surface area contributed by atoms with Gasteiger partial charge in [0, 0.05) is 6.54 Å². The summed E-state index contributed by atoms with van der Waals surface area (Å²) in [5.74, 6) is 2.15. The Morgan fingerprint density at radius 2 is 1.73 bits per heavy atom. The molecule has 0 N–H and O–H groups in total. The van der Waals surface area contributed by atoms with Gasteiger partial charge in [-0.15, -0.1) is 0 Å². The molecule has 0 saturated heterocycles. The zero-order valence-electron chi connectivity index (χ0n) is 19.0. The molecule has 30 heavy (non-hydrogen) atoms. The first-order valence-corrected chi connectivity index (χ1v) is 11.1. The van der Waals surface area contributed by atoms with Crippen molar-refractivity contribution in [2.45, 2.75) is 44.6 Å². The highest BCUT2D eigenvalue weighted by atomic mass is 16.5. The highest BCUT2D eigenvalue weighted by Gasteiger charge is 2.38. The molecule has 2 aromatic rings. The van der Waals surface area contributed by atoms with Gasteiger partial charge in [-0.2, -0.15) is 0 Å². The van der Waals surface area contributed by atoms with E-state index >= 15 is 0 Å². The third kappa shape index (κ3) is 5.77. The zero-order chi connectivity index (χ0) is 21.4. The molecule has 1 atom stereocenters. The van der Waals surface area contributed by atoms with Gasteiger partial charge < -0.3 is 19.1 Å². The van der Waals surface area contributed by atoms with E-state index in [1.54, 1.807) is 14.2 Å². The topological polar surface area (TPSA) is 30.9 Å². The largest absolute Gasteiger partial charge is 0.493 e. The molecular formula is C26H37NO3. The van der Waals surface area contributed by atoms with Crippen molar-refractivity contribution in [3.63, 3.8) is 0 Å². The highest BCUT2D eigenvalue weighted by molar-refractivity contribution is 5.45. The molecule has 3 rings (SSSR count). The van der Waals surface area contributed by atoms with Gasteiger partial charge in [0.1, 0.15) is 0 Å². The SMILES string of the molecule is COc1ccc(C2(CCN(C)C[C@H](C)COCc3ccccc3)CCC2)cc1OC. The summed E-state index contributed by atoms with van der Waals surface area (Å²) >= 11 is 0. The van der Waals surface area contributed by atoms with Gasteiger partial charge in [0.05, 0.1) is 27.4 Å². The summed E-state index contributed by atoms with van der Waals surface area (Å²) in [6.45, 7) is 5.90. The Kier molecular flexibility index (Phi) is 8.17. The number of hydrogen-bond acceptors (Lipinski definition) is 4. The Morgan fingerprint density at radius 1 is 1.00 bits per heavy atom. The van der Waals surface area contributed by atoms with Crippen LogP contribution >= 0.6 is 0 Å². The zero-order valence-corrected chi connectivity index (χ0v) is 19.0. The lowest BCUT2D eigenvalue weighted by Gasteiger charge is -2.44. The lowest BCUT2D eigenvalue weighted by Crippen LogP contribution is -2.39. The van der Waals surface area contributed by atoms with Gasteiger partial charge in [0.25, 0.3) is 0 Å². The number of methoxy groups -OCH3 is 2. The van der Waals surface area contributed by atoms with Gasteiger partial charge in [-0.25, -0.2) is 0 Å². The minimum absolute atomic E-state index is 0.279. The molecule has 1 fully saturated rings. The lowest BCUT2D eigenvalue weighted by molar-refractivity contribution is 0.0778. The van der Waals surface area contributed by atoms with Crippen molar-refractivity contribution < 1.29 is 14.2 Å². The molecule has 1 aliphatic carbocycles. The first kappa shape index (κ1) is 22.6. The van der Waals surface area contributed by atoms with E-state index < -0.39 is 0 Å². The number of rotatable bonds is 12. The van der Waals surface area contributed by atoms with Crippen molar-refractivity contribution >= 4 is 0 Å². The van der Waals surface area contributed by atoms with E-state index in [1.807, 2.05) is 12.1 Å². The van der Waals surface area contributed by atoms with Crippen molar-refractivity contribution in [2.24, 2.45) is 5.92 Å². The molecule has 164 valence electrons. The van der Waals surface area contributed by atoms with Crippen LogP contribution in [-0.4, -0.2) is 45.9 Å². The maximum absolute atomic E-state index is 5.92. The summed E-state index contributed by atoms with van der Waals surface area (Å²) in [4.78, 5) is 2.46. The first-order valence-electron chi connectivity index (χ1n) is 11.1. The Labute approximate surface area is 182 Å². The number of ether oxygens (including phenoxy) is 3. The summed E-state index contributed by atoms with van der Waals surface area (Å²) in [6, 6.07) is 16.8. The minimum atomic E-state index is 0.279. The smallest absolute Gasteiger partial charge is 0.161 e. The Bertz CT molecular complexity index is 773. The van der Waals surface area contributed by atoms with E-state index in [0.29, 0.717) is 12.5 Å². The van der Waals surface area contributed by atoms with Crippen LogP contribution in [0.15, 0.2) is 48.5 Å². The molecule has 2 aromatic carbocycles. The Morgan fingerprint density at radius 3 is 2.37 bits per heavy atom. The maximum Gasteiger partial charge on any atom is 0.161 e. The molecular weight excluding hydrogens is 374 g/mol. The monoisotopic (exact) mass is 411 g/mol. The predicted octanol–water partition coefficient (Wildman–Crippen LogP) is 5.30. The number of benzene rings is 2. The molecule has 0 spiro atoms. The standard InChI is InChI=1S/C26H37NO3/c1-21(19-30-20-22-9-6-5-7-10-22)18-27(2)16-15-26(13-8-14-26)23-11-12-24(28-3)25(17-23)29-4/h5-7,9-12,17,21H,8,13-16,18-20H2,1-4H3/t21-/m0/s1. The van der Waals surface area contributed by atoms with Crippen LogP contribution in [0.5, 0.6) is 11.5 Å². The molecule has 0 aliphatic heterocycles. The van der Waals surface area contributed by atoms with Crippen LogP contribution in [-0.2, 0) is 16.8 Å². The van der Waals surface area contributed by atoms with E-state index in [0.717, 1.165) is 31.2 Å². The normalized spacial score (nSPS) is 16.2. The van der Waals surface area contributed by atoms with Gasteiger partial charge in [0.2, 0.25) is 0 Å². The first-order chi connectivity index (χ1) is 14.6. The average molecular weight is 412 g/mol. The fourth-order valence-corrected chi connectivity index (χ4v) is 4.49. The summed E-state index contributed by atoms with van der Waals surface area (Å²) < 4.78 is 16.9. The third-order valence-corrected chi connectivity index (χ3v) is 6.42. The second-order valence-electron chi connectivity index (χ2n) is 8.82. The van der Waals surface area contributed by atoms with Crippen molar-refractivity contribution in [2.75, 3.05) is 41.0 Å². The molecule has 0 radical (unpaired) electrons. The van der Waals surface area contributed by atoms with Crippen molar-refractivity contribution in [3.05, 3.63) is 59.7 Å². The van der Waals surface area contributed by atoms with Crippen LogP contribution in [0.3, 0.4) is 0 Å². The molecule has 1 saturated carbocycles. The Hall–Kier alpha value is -2.04. The van der Waals surface area contributed by atoms with Gasteiger partial charge >= 0.3 is 0 Å². The van der Waals surface area contributed by atoms with E-state index in [1.165, 1.54) is 36.8 Å². The van der Waals surface area contributed by atoms with Crippen molar-refractivity contribution in [1.82, 2.24) is 4.90 Å². The average Bonchev–Trinajstić information content (AvgIpc) is 2.73. The molecule has 0 aromatic heterocycles. The minimum Gasteiger partial charge on any atom is -0.493 e. The van der Waals surface area contributed by atoms with E-state index in [4.69, 9.17) is 14.2 Å².